The third kappa shape index (κ3) is 4.77. The number of furan rings is 1. The molecule has 0 saturated heterocycles. The second-order valence-corrected chi connectivity index (χ2v) is 8.44. The summed E-state index contributed by atoms with van der Waals surface area (Å²) >= 11 is 5.98. The van der Waals surface area contributed by atoms with Gasteiger partial charge in [-0.3, -0.25) is 4.57 Å². The van der Waals surface area contributed by atoms with Crippen LogP contribution in [0, 0.1) is 6.92 Å². The molecule has 2 heterocycles. The summed E-state index contributed by atoms with van der Waals surface area (Å²) in [6, 6.07) is 12.4. The molecule has 0 fully saturated rings. The number of benzene rings is 2. The predicted molar refractivity (Wildman–Crippen MR) is 130 cm³/mol. The maximum atomic E-state index is 13.2. The predicted octanol–water partition coefficient (Wildman–Crippen LogP) is 2.82. The molecule has 0 amide bonds. The van der Waals surface area contributed by atoms with E-state index in [4.69, 9.17) is 21.1 Å². The van der Waals surface area contributed by atoms with Crippen LogP contribution in [0.3, 0.4) is 0 Å². The Balaban J connectivity index is 1.79. The first-order chi connectivity index (χ1) is 16.3. The molecular formula is C24H25ClN4O5. The van der Waals surface area contributed by atoms with Crippen molar-refractivity contribution in [3.05, 3.63) is 85.3 Å². The van der Waals surface area contributed by atoms with Crippen LogP contribution < -0.4 is 16.7 Å². The van der Waals surface area contributed by atoms with Gasteiger partial charge in [-0.05, 0) is 48.4 Å². The highest BCUT2D eigenvalue weighted by molar-refractivity contribution is 6.30. The van der Waals surface area contributed by atoms with Crippen molar-refractivity contribution in [3.8, 4) is 0 Å². The fourth-order valence-electron chi connectivity index (χ4n) is 3.78. The maximum absolute atomic E-state index is 13.2. The molecular weight excluding hydrogens is 460 g/mol. The molecule has 1 atom stereocenters. The Morgan fingerprint density at radius 1 is 1.15 bits per heavy atom. The summed E-state index contributed by atoms with van der Waals surface area (Å²) in [5.74, 6) is 0.950. The number of fused-ring (bicyclic) bond motifs is 1. The van der Waals surface area contributed by atoms with Crippen LogP contribution in [0.25, 0.3) is 11.0 Å². The molecule has 4 aromatic rings. The number of hydrogen-bond acceptors (Lipinski definition) is 7. The molecule has 4 rings (SSSR count). The maximum Gasteiger partial charge on any atom is 0.355 e. The van der Waals surface area contributed by atoms with Crippen molar-refractivity contribution in [2.75, 3.05) is 11.9 Å². The molecule has 178 valence electrons. The van der Waals surface area contributed by atoms with Crippen LogP contribution in [0.5, 0.6) is 0 Å². The smallest absolute Gasteiger partial charge is 0.355 e. The van der Waals surface area contributed by atoms with Crippen LogP contribution in [-0.4, -0.2) is 37.0 Å². The number of halogens is 1. The normalized spacial score (nSPS) is 12.3. The third-order valence-corrected chi connectivity index (χ3v) is 5.87. The molecule has 0 aliphatic rings. The van der Waals surface area contributed by atoms with E-state index in [9.17, 15) is 14.7 Å². The van der Waals surface area contributed by atoms with Crippen molar-refractivity contribution in [2.45, 2.75) is 39.5 Å². The Bertz CT molecular complexity index is 1440. The molecule has 9 nitrogen and oxygen atoms in total. The van der Waals surface area contributed by atoms with Crippen LogP contribution in [0.2, 0.25) is 5.02 Å². The molecule has 2 aromatic heterocycles. The van der Waals surface area contributed by atoms with E-state index >= 15 is 0 Å². The van der Waals surface area contributed by atoms with Gasteiger partial charge >= 0.3 is 11.4 Å². The fraction of sp³-hybridized carbons (Fsp3) is 0.292. The van der Waals surface area contributed by atoms with Gasteiger partial charge in [0.25, 0.3) is 0 Å². The number of aliphatic hydroxyl groups excluding tert-OH is 2. The van der Waals surface area contributed by atoms with Crippen LogP contribution in [0.4, 0.5) is 11.6 Å². The summed E-state index contributed by atoms with van der Waals surface area (Å²) in [7, 11) is 0. The van der Waals surface area contributed by atoms with E-state index in [-0.39, 0.29) is 19.0 Å². The Labute approximate surface area is 199 Å². The van der Waals surface area contributed by atoms with Crippen molar-refractivity contribution < 1.29 is 14.6 Å². The van der Waals surface area contributed by atoms with Gasteiger partial charge < -0.3 is 19.9 Å². The number of rotatable bonds is 8. The van der Waals surface area contributed by atoms with Gasteiger partial charge in [0.15, 0.2) is 0 Å². The van der Waals surface area contributed by atoms with Gasteiger partial charge in [0, 0.05) is 22.5 Å². The molecule has 2 aromatic carbocycles. The highest BCUT2D eigenvalue weighted by Gasteiger charge is 2.17. The van der Waals surface area contributed by atoms with E-state index in [1.807, 2.05) is 26.0 Å². The lowest BCUT2D eigenvalue weighted by Crippen LogP contribution is -2.45. The van der Waals surface area contributed by atoms with E-state index in [0.29, 0.717) is 10.7 Å². The summed E-state index contributed by atoms with van der Waals surface area (Å²) in [5, 5.41) is 23.5. The van der Waals surface area contributed by atoms with E-state index in [0.717, 1.165) is 38.8 Å². The molecule has 0 spiro atoms. The largest absolute Gasteiger partial charge is 0.461 e. The van der Waals surface area contributed by atoms with Crippen LogP contribution in [0.15, 0.2) is 56.5 Å². The Morgan fingerprint density at radius 2 is 1.88 bits per heavy atom. The van der Waals surface area contributed by atoms with Gasteiger partial charge in [0.1, 0.15) is 11.3 Å². The van der Waals surface area contributed by atoms with E-state index < -0.39 is 24.1 Å². The van der Waals surface area contributed by atoms with Gasteiger partial charge in [-0.25, -0.2) is 14.2 Å². The average Bonchev–Trinajstić information content (AvgIpc) is 3.15. The van der Waals surface area contributed by atoms with Crippen molar-refractivity contribution in [3.63, 3.8) is 0 Å². The SMILES string of the molecule is CCc1oc2ccc(Nc3nc(=O)n(CC(O)CO)c(=O)n3Cc3ccc(Cl)cc3)cc2c1C. The highest BCUT2D eigenvalue weighted by Crippen LogP contribution is 2.29. The number of aliphatic hydroxyl groups is 2. The third-order valence-electron chi connectivity index (χ3n) is 5.62. The zero-order valence-corrected chi connectivity index (χ0v) is 19.5. The van der Waals surface area contributed by atoms with Crippen molar-refractivity contribution in [1.82, 2.24) is 14.1 Å². The first-order valence-electron chi connectivity index (χ1n) is 10.8. The lowest BCUT2D eigenvalue weighted by atomic mass is 10.1. The summed E-state index contributed by atoms with van der Waals surface area (Å²) in [6.45, 7) is 3.14. The van der Waals surface area contributed by atoms with Gasteiger partial charge in [0.2, 0.25) is 5.95 Å². The first-order valence-corrected chi connectivity index (χ1v) is 11.2. The minimum Gasteiger partial charge on any atom is -0.461 e. The summed E-state index contributed by atoms with van der Waals surface area (Å²) in [5.41, 5.74) is 1.67. The number of nitrogens with one attached hydrogen (secondary N) is 1. The average molecular weight is 485 g/mol. The minimum absolute atomic E-state index is 0.0518. The topological polar surface area (TPSA) is 123 Å². The van der Waals surface area contributed by atoms with E-state index in [1.54, 1.807) is 30.3 Å². The van der Waals surface area contributed by atoms with Crippen molar-refractivity contribution in [2.24, 2.45) is 0 Å². The molecule has 0 aliphatic carbocycles. The number of aryl methyl sites for hydroxylation is 2. The van der Waals surface area contributed by atoms with Gasteiger partial charge in [-0.2, -0.15) is 4.98 Å². The number of nitrogens with zero attached hydrogens (tertiary/aromatic N) is 3. The minimum atomic E-state index is -1.27. The van der Waals surface area contributed by atoms with E-state index in [1.165, 1.54) is 4.57 Å². The quantitative estimate of drug-likeness (QED) is 0.351. The van der Waals surface area contributed by atoms with Crippen molar-refractivity contribution in [1.29, 1.82) is 0 Å². The highest BCUT2D eigenvalue weighted by atomic mass is 35.5. The second-order valence-electron chi connectivity index (χ2n) is 8.00. The number of aromatic nitrogens is 3. The second kappa shape index (κ2) is 9.84. The summed E-state index contributed by atoms with van der Waals surface area (Å²) in [6.07, 6.45) is -0.502. The number of anilines is 2. The molecule has 0 radical (unpaired) electrons. The molecule has 3 N–H and O–H groups in total. The van der Waals surface area contributed by atoms with Gasteiger partial charge in [-0.1, -0.05) is 30.7 Å². The van der Waals surface area contributed by atoms with Crippen LogP contribution in [-0.2, 0) is 19.5 Å². The lowest BCUT2D eigenvalue weighted by molar-refractivity contribution is 0.0785. The Kier molecular flexibility index (Phi) is 6.87. The lowest BCUT2D eigenvalue weighted by Gasteiger charge is -2.17. The van der Waals surface area contributed by atoms with Crippen molar-refractivity contribution >= 4 is 34.2 Å². The summed E-state index contributed by atoms with van der Waals surface area (Å²) < 4.78 is 7.97. The van der Waals surface area contributed by atoms with Crippen LogP contribution >= 0.6 is 11.6 Å². The molecule has 0 bridgehead atoms. The molecule has 34 heavy (non-hydrogen) atoms. The monoisotopic (exact) mass is 484 g/mol. The molecule has 0 aliphatic heterocycles. The molecule has 10 heteroatoms. The Hall–Kier alpha value is -3.40. The molecule has 0 saturated carbocycles. The fourth-order valence-corrected chi connectivity index (χ4v) is 3.91. The number of hydrogen-bond donors (Lipinski definition) is 3. The zero-order chi connectivity index (χ0) is 24.4. The van der Waals surface area contributed by atoms with Gasteiger partial charge in [0.05, 0.1) is 25.8 Å². The first kappa shape index (κ1) is 23.7. The molecule has 1 unspecified atom stereocenters. The van der Waals surface area contributed by atoms with Gasteiger partial charge in [-0.15, -0.1) is 0 Å². The summed E-state index contributed by atoms with van der Waals surface area (Å²) in [4.78, 5) is 29.9. The Morgan fingerprint density at radius 3 is 2.56 bits per heavy atom. The van der Waals surface area contributed by atoms with E-state index in [2.05, 4.69) is 10.3 Å². The standard InChI is InChI=1S/C24H25ClN4O5/c1-3-20-14(2)19-10-17(8-9-21(19)34-20)26-22-27-23(32)29(12-18(31)13-30)24(33)28(22)11-15-4-6-16(25)7-5-15/h4-10,18,30-31H,3,11-13H2,1-2H3,(H,26,27,32). The van der Waals surface area contributed by atoms with Crippen LogP contribution in [0.1, 0.15) is 23.8 Å². The zero-order valence-electron chi connectivity index (χ0n) is 18.8.